The molecule has 6 N–H and O–H groups in total. The van der Waals surface area contributed by atoms with Gasteiger partial charge in [0.25, 0.3) is 12.3 Å². The molecule has 1 unspecified atom stereocenters. The van der Waals surface area contributed by atoms with Gasteiger partial charge in [0.2, 0.25) is 17.7 Å². The molecule has 3 saturated heterocycles. The van der Waals surface area contributed by atoms with E-state index in [0.29, 0.717) is 92.4 Å². The maximum atomic E-state index is 15.4. The Balaban J connectivity index is 0.866. The van der Waals surface area contributed by atoms with Crippen LogP contribution in [0.3, 0.4) is 0 Å². The molecule has 2 aromatic carbocycles. The van der Waals surface area contributed by atoms with Crippen LogP contribution in [-0.2, 0) is 45.1 Å². The van der Waals surface area contributed by atoms with E-state index in [9.17, 15) is 19.2 Å². The van der Waals surface area contributed by atoms with E-state index in [2.05, 4.69) is 25.2 Å². The zero-order valence-electron chi connectivity index (χ0n) is 37.6. The summed E-state index contributed by atoms with van der Waals surface area (Å²) in [5.41, 5.74) is 12.7. The summed E-state index contributed by atoms with van der Waals surface area (Å²) in [6, 6.07) is 8.60. The third-order valence-corrected chi connectivity index (χ3v) is 13.9. The number of hydrazine groups is 1. The second-order valence-corrected chi connectivity index (χ2v) is 18.3. The van der Waals surface area contributed by atoms with E-state index in [1.165, 1.54) is 17.1 Å². The first kappa shape index (κ1) is 44.9. The molecule has 3 fully saturated rings. The number of halogens is 3. The van der Waals surface area contributed by atoms with Crippen LogP contribution in [0.4, 0.5) is 30.4 Å². The number of hydrogen-bond acceptors (Lipinski definition) is 12. The largest absolute Gasteiger partial charge is 0.399 e. The number of benzene rings is 2. The summed E-state index contributed by atoms with van der Waals surface area (Å²) in [5.74, 6) is 4.64. The molecule has 1 atom stereocenters. The van der Waals surface area contributed by atoms with Crippen molar-refractivity contribution in [2.45, 2.75) is 89.5 Å². The van der Waals surface area contributed by atoms with E-state index >= 15 is 13.2 Å². The summed E-state index contributed by atoms with van der Waals surface area (Å²) in [4.78, 5) is 59.1. The van der Waals surface area contributed by atoms with Crippen LogP contribution in [0.15, 0.2) is 66.9 Å². The van der Waals surface area contributed by atoms with E-state index in [1.54, 1.807) is 37.7 Å². The van der Waals surface area contributed by atoms with Crippen molar-refractivity contribution in [3.05, 3.63) is 101 Å². The SMILES string of the molecule is CC(=O)N1CCc2c(c(N3CCCc4cc(-c5cn(C/C(N)=C/N(N)C6CN(c7ccc(C(=O)NC8CCC(=O)NC8=O)c(F)c7)C6)c6ccncc56)c(C(F)F)cc43)nn2C2CCOCC2)C1. The van der Waals surface area contributed by atoms with Gasteiger partial charge in [-0.15, -0.1) is 0 Å². The normalized spacial score (nSPS) is 19.2. The maximum Gasteiger partial charge on any atom is 0.264 e. The molecule has 10 rings (SSSR count). The number of anilines is 3. The summed E-state index contributed by atoms with van der Waals surface area (Å²) in [5, 5.41) is 12.1. The van der Waals surface area contributed by atoms with Crippen molar-refractivity contribution in [1.29, 1.82) is 0 Å². The Kier molecular flexibility index (Phi) is 12.1. The van der Waals surface area contributed by atoms with Gasteiger partial charge in [-0.25, -0.2) is 19.0 Å². The predicted octanol–water partition coefficient (Wildman–Crippen LogP) is 4.72. The maximum absolute atomic E-state index is 15.4. The van der Waals surface area contributed by atoms with Gasteiger partial charge >= 0.3 is 0 Å². The number of pyridine rings is 1. The highest BCUT2D eigenvalue weighted by Crippen LogP contribution is 2.45. The molecule has 5 aliphatic rings. The summed E-state index contributed by atoms with van der Waals surface area (Å²) in [7, 11) is 0. The van der Waals surface area contributed by atoms with Crippen LogP contribution < -0.4 is 32.0 Å². The van der Waals surface area contributed by atoms with Crippen molar-refractivity contribution in [3.63, 3.8) is 0 Å². The molecule has 0 spiro atoms. The molecule has 4 amide bonds. The van der Waals surface area contributed by atoms with Crippen LogP contribution in [-0.4, -0.2) is 104 Å². The Morgan fingerprint density at radius 1 is 1.04 bits per heavy atom. The van der Waals surface area contributed by atoms with E-state index < -0.39 is 36.0 Å². The lowest BCUT2D eigenvalue weighted by molar-refractivity contribution is -0.134. The Morgan fingerprint density at radius 2 is 1.85 bits per heavy atom. The number of nitrogens with one attached hydrogen (secondary N) is 2. The van der Waals surface area contributed by atoms with Gasteiger partial charge in [-0.1, -0.05) is 0 Å². The number of fused-ring (bicyclic) bond motifs is 3. The highest BCUT2D eigenvalue weighted by molar-refractivity contribution is 6.04. The third-order valence-electron chi connectivity index (χ3n) is 13.9. The van der Waals surface area contributed by atoms with Gasteiger partial charge in [0.15, 0.2) is 5.82 Å². The Bertz CT molecular complexity index is 2850. The molecular weight excluding hydrogens is 882 g/mol. The number of hydrogen-bond donors (Lipinski definition) is 4. The van der Waals surface area contributed by atoms with Crippen molar-refractivity contribution in [2.24, 2.45) is 11.6 Å². The minimum Gasteiger partial charge on any atom is -0.399 e. The molecule has 0 saturated carbocycles. The highest BCUT2D eigenvalue weighted by atomic mass is 19.3. The number of amides is 4. The second kappa shape index (κ2) is 18.3. The second-order valence-electron chi connectivity index (χ2n) is 18.3. The fourth-order valence-corrected chi connectivity index (χ4v) is 10.3. The number of nitrogens with zero attached hydrogens (tertiary/aromatic N) is 8. The lowest BCUT2D eigenvalue weighted by Gasteiger charge is -2.44. The van der Waals surface area contributed by atoms with Crippen LogP contribution >= 0.6 is 0 Å². The standard InChI is InChI=1S/C48H53F3N12O5/c1-27(64)58-14-9-42-38(26-58)46(57-63(42)30-10-15-68-16-11-30)61-13-2-3-28-17-34(35(45(50)51)19-43(28)61)37-25-60(41-8-12-54-20-36(37)41)21-29(52)22-62(53)32-23-59(24-32)31-4-5-33(39(49)18-31)47(66)55-40-6-7-44(65)56-48(40)67/h4-5,8,12,17-20,22,25,30,32,40,45H,2-3,6-7,9-11,13-16,21,23-24,26,52-53H2,1H3,(H,55,66)(H,56,65,67)/b29-22-. The van der Waals surface area contributed by atoms with E-state index in [-0.39, 0.29) is 48.5 Å². The zero-order chi connectivity index (χ0) is 47.4. The molecule has 8 heterocycles. The van der Waals surface area contributed by atoms with E-state index in [0.717, 1.165) is 47.4 Å². The first-order valence-electron chi connectivity index (χ1n) is 23.1. The van der Waals surface area contributed by atoms with Crippen LogP contribution in [0, 0.1) is 5.82 Å². The number of rotatable bonds is 11. The molecule has 0 radical (unpaired) electrons. The summed E-state index contributed by atoms with van der Waals surface area (Å²) >= 11 is 0. The van der Waals surface area contributed by atoms with Gasteiger partial charge in [-0.2, -0.15) is 5.10 Å². The molecule has 5 aliphatic heterocycles. The number of carbonyl (C=O) groups excluding carboxylic acids is 4. The minimum atomic E-state index is -2.80. The molecular formula is C48H53F3N12O5. The number of piperidine rings is 1. The summed E-state index contributed by atoms with van der Waals surface area (Å²) in [6.07, 6.45) is 8.00. The summed E-state index contributed by atoms with van der Waals surface area (Å²) in [6.45, 7) is 5.54. The average Bonchev–Trinajstić information content (AvgIpc) is 3.87. The molecule has 356 valence electrons. The topological polar surface area (TPSA) is 202 Å². The van der Waals surface area contributed by atoms with Gasteiger partial charge in [0.1, 0.15) is 11.9 Å². The molecule has 68 heavy (non-hydrogen) atoms. The Morgan fingerprint density at radius 3 is 2.60 bits per heavy atom. The Hall–Kier alpha value is -6.93. The average molecular weight is 935 g/mol. The smallest absolute Gasteiger partial charge is 0.264 e. The van der Waals surface area contributed by atoms with Crippen LogP contribution in [0.2, 0.25) is 0 Å². The number of aryl methyl sites for hydroxylation is 1. The number of nitrogens with two attached hydrogens (primary N) is 2. The molecule has 20 heteroatoms. The van der Waals surface area contributed by atoms with Gasteiger partial charge < -0.3 is 40.1 Å². The summed E-state index contributed by atoms with van der Waals surface area (Å²) < 4.78 is 55.7. The van der Waals surface area contributed by atoms with Crippen LogP contribution in [0.5, 0.6) is 0 Å². The lowest BCUT2D eigenvalue weighted by atomic mass is 9.91. The van der Waals surface area contributed by atoms with E-state index in [4.69, 9.17) is 21.4 Å². The number of allylic oxidation sites excluding steroid dienone is 1. The number of alkyl halides is 2. The van der Waals surface area contributed by atoms with Crippen LogP contribution in [0.25, 0.3) is 22.0 Å². The monoisotopic (exact) mass is 934 g/mol. The first-order chi connectivity index (χ1) is 32.8. The lowest BCUT2D eigenvalue weighted by Crippen LogP contribution is -2.60. The molecule has 3 aromatic heterocycles. The number of aromatic nitrogens is 4. The zero-order valence-corrected chi connectivity index (χ0v) is 37.6. The molecule has 0 bridgehead atoms. The fourth-order valence-electron chi connectivity index (χ4n) is 10.3. The number of ether oxygens (including phenoxy) is 1. The molecule has 17 nitrogen and oxygen atoms in total. The van der Waals surface area contributed by atoms with Crippen molar-refractivity contribution >= 4 is 51.7 Å². The Labute approximate surface area is 389 Å². The quantitative estimate of drug-likeness (QED) is 0.0809. The number of carbonyl (C=O) groups is 4. The van der Waals surface area contributed by atoms with Gasteiger partial charge in [-0.05, 0) is 79.6 Å². The van der Waals surface area contributed by atoms with Crippen molar-refractivity contribution in [1.82, 2.24) is 39.9 Å². The van der Waals surface area contributed by atoms with Crippen LogP contribution in [0.1, 0.15) is 84.2 Å². The molecule has 5 aromatic rings. The van der Waals surface area contributed by atoms with E-state index in [1.807, 2.05) is 32.7 Å². The van der Waals surface area contributed by atoms with Gasteiger partial charge in [0, 0.05) is 129 Å². The fraction of sp³-hybridized carbons (Fsp3) is 0.417. The minimum absolute atomic E-state index is 0.0134. The number of imide groups is 1. The van der Waals surface area contributed by atoms with Crippen molar-refractivity contribution in [2.75, 3.05) is 49.2 Å². The highest BCUT2D eigenvalue weighted by Gasteiger charge is 2.36. The van der Waals surface area contributed by atoms with Crippen molar-refractivity contribution < 1.29 is 37.1 Å². The van der Waals surface area contributed by atoms with Gasteiger partial charge in [0.05, 0.1) is 36.3 Å². The van der Waals surface area contributed by atoms with Gasteiger partial charge in [-0.3, -0.25) is 34.2 Å². The predicted molar refractivity (Wildman–Crippen MR) is 246 cm³/mol. The third kappa shape index (κ3) is 8.50. The van der Waals surface area contributed by atoms with Crippen molar-refractivity contribution in [3.8, 4) is 11.1 Å². The first-order valence-corrected chi connectivity index (χ1v) is 23.1. The molecule has 0 aliphatic carbocycles.